The van der Waals surface area contributed by atoms with Crippen molar-refractivity contribution in [3.63, 3.8) is 0 Å². The number of allylic oxidation sites excluding steroid dienone is 1. The molecule has 1 saturated heterocycles. The molecule has 0 aromatic heterocycles. The summed E-state index contributed by atoms with van der Waals surface area (Å²) in [5.74, 6) is -2.50. The summed E-state index contributed by atoms with van der Waals surface area (Å²) in [7, 11) is 0. The van der Waals surface area contributed by atoms with Crippen molar-refractivity contribution < 1.29 is 38.8 Å². The SMILES string of the molecule is C=C1C(=O)O[C@@H]2C=C(CO)CC/C=C(/C)C[C@H](OC(=O)/C(=C\COC(C)=O)CO)[C@@H]12. The molecular formula is C22H28O8. The predicted octanol–water partition coefficient (Wildman–Crippen LogP) is 1.53. The van der Waals surface area contributed by atoms with E-state index in [-0.39, 0.29) is 24.4 Å². The molecule has 0 saturated carbocycles. The Labute approximate surface area is 175 Å². The summed E-state index contributed by atoms with van der Waals surface area (Å²) in [6.45, 7) is 6.00. The van der Waals surface area contributed by atoms with E-state index in [9.17, 15) is 24.6 Å². The van der Waals surface area contributed by atoms with Crippen molar-refractivity contribution in [3.8, 4) is 0 Å². The van der Waals surface area contributed by atoms with E-state index in [1.54, 1.807) is 6.08 Å². The van der Waals surface area contributed by atoms with Crippen molar-refractivity contribution >= 4 is 17.9 Å². The van der Waals surface area contributed by atoms with Crippen molar-refractivity contribution in [1.82, 2.24) is 0 Å². The Morgan fingerprint density at radius 2 is 2.10 bits per heavy atom. The number of hydrogen-bond donors (Lipinski definition) is 2. The van der Waals surface area contributed by atoms with Crippen molar-refractivity contribution in [3.05, 3.63) is 47.1 Å². The normalized spacial score (nSPS) is 26.7. The molecule has 2 N–H and O–H groups in total. The second-order valence-corrected chi connectivity index (χ2v) is 7.33. The van der Waals surface area contributed by atoms with Crippen LogP contribution in [0.4, 0.5) is 0 Å². The maximum Gasteiger partial charge on any atom is 0.336 e. The van der Waals surface area contributed by atoms with Gasteiger partial charge >= 0.3 is 17.9 Å². The average molecular weight is 420 g/mol. The fourth-order valence-corrected chi connectivity index (χ4v) is 3.46. The van der Waals surface area contributed by atoms with Crippen LogP contribution in [0.5, 0.6) is 0 Å². The summed E-state index contributed by atoms with van der Waals surface area (Å²) in [6.07, 6.45) is 5.16. The lowest BCUT2D eigenvalue weighted by Gasteiger charge is -2.27. The topological polar surface area (TPSA) is 119 Å². The first-order valence-electron chi connectivity index (χ1n) is 9.76. The van der Waals surface area contributed by atoms with E-state index in [1.165, 1.54) is 13.0 Å². The first-order chi connectivity index (χ1) is 14.3. The molecule has 0 radical (unpaired) electrons. The van der Waals surface area contributed by atoms with Crippen LogP contribution in [0, 0.1) is 5.92 Å². The summed E-state index contributed by atoms with van der Waals surface area (Å²) in [5.41, 5.74) is 1.80. The molecule has 30 heavy (non-hydrogen) atoms. The van der Waals surface area contributed by atoms with Gasteiger partial charge < -0.3 is 24.4 Å². The molecule has 0 bridgehead atoms. The number of aliphatic hydroxyl groups excluding tert-OH is 2. The monoisotopic (exact) mass is 420 g/mol. The third-order valence-corrected chi connectivity index (χ3v) is 5.05. The largest absolute Gasteiger partial charge is 0.462 e. The van der Waals surface area contributed by atoms with Crippen LogP contribution in [0.1, 0.15) is 33.1 Å². The van der Waals surface area contributed by atoms with Crippen LogP contribution in [0.25, 0.3) is 0 Å². The lowest BCUT2D eigenvalue weighted by Crippen LogP contribution is -2.34. The molecule has 2 aliphatic rings. The molecule has 1 aliphatic heterocycles. The van der Waals surface area contributed by atoms with Gasteiger partial charge in [0, 0.05) is 18.9 Å². The first kappa shape index (κ1) is 23.6. The van der Waals surface area contributed by atoms with Crippen molar-refractivity contribution in [2.45, 2.75) is 45.3 Å². The van der Waals surface area contributed by atoms with Crippen LogP contribution in [0.3, 0.4) is 0 Å². The number of fused-ring (bicyclic) bond motifs is 1. The van der Waals surface area contributed by atoms with Crippen LogP contribution in [-0.4, -0.2) is 60.1 Å². The van der Waals surface area contributed by atoms with Crippen molar-refractivity contribution in [2.75, 3.05) is 19.8 Å². The van der Waals surface area contributed by atoms with E-state index < -0.39 is 42.6 Å². The zero-order valence-corrected chi connectivity index (χ0v) is 17.3. The molecule has 0 spiro atoms. The number of ether oxygens (including phenoxy) is 3. The molecule has 0 aromatic rings. The summed E-state index contributed by atoms with van der Waals surface area (Å²) in [4.78, 5) is 35.7. The van der Waals surface area contributed by atoms with Gasteiger partial charge in [-0.2, -0.15) is 0 Å². The third-order valence-electron chi connectivity index (χ3n) is 5.05. The van der Waals surface area contributed by atoms with E-state index in [1.807, 2.05) is 13.0 Å². The minimum absolute atomic E-state index is 0.0611. The lowest BCUT2D eigenvalue weighted by molar-refractivity contribution is -0.148. The predicted molar refractivity (Wildman–Crippen MR) is 107 cm³/mol. The van der Waals surface area contributed by atoms with Gasteiger partial charge in [0.05, 0.1) is 24.7 Å². The lowest BCUT2D eigenvalue weighted by atomic mass is 9.85. The Bertz CT molecular complexity index is 789. The number of rotatable bonds is 6. The molecule has 3 atom stereocenters. The van der Waals surface area contributed by atoms with E-state index >= 15 is 0 Å². The standard InChI is InChI=1S/C22H28O8/c1-13-5-4-6-16(11-23)10-19-20(14(2)21(26)29-19)18(9-13)30-22(27)17(12-24)7-8-28-15(3)25/h5,7,10,18-20,23-24H,2,4,6,8-9,11-12H2,1,3H3/b13-5-,16-10?,17-7-/t18-,19+,20+/m0/s1. The zero-order chi connectivity index (χ0) is 22.3. The van der Waals surface area contributed by atoms with Crippen LogP contribution in [-0.2, 0) is 28.6 Å². The fourth-order valence-electron chi connectivity index (χ4n) is 3.46. The Morgan fingerprint density at radius 1 is 1.37 bits per heavy atom. The average Bonchev–Trinajstić information content (AvgIpc) is 2.96. The first-order valence-corrected chi connectivity index (χ1v) is 9.76. The number of carbonyl (C=O) groups excluding carboxylic acids is 3. The molecular weight excluding hydrogens is 392 g/mol. The third kappa shape index (κ3) is 6.14. The van der Waals surface area contributed by atoms with Crippen molar-refractivity contribution in [1.29, 1.82) is 0 Å². The van der Waals surface area contributed by atoms with Gasteiger partial charge in [-0.15, -0.1) is 0 Å². The summed E-state index contributed by atoms with van der Waals surface area (Å²) < 4.78 is 15.9. The summed E-state index contributed by atoms with van der Waals surface area (Å²) >= 11 is 0. The second kappa shape index (κ2) is 10.9. The molecule has 1 aliphatic carbocycles. The smallest absolute Gasteiger partial charge is 0.336 e. The molecule has 0 unspecified atom stereocenters. The van der Waals surface area contributed by atoms with Crippen LogP contribution < -0.4 is 0 Å². The van der Waals surface area contributed by atoms with Crippen LogP contribution in [0.15, 0.2) is 47.1 Å². The number of esters is 3. The van der Waals surface area contributed by atoms with Gasteiger partial charge in [0.15, 0.2) is 0 Å². The number of aliphatic hydroxyl groups is 2. The minimum Gasteiger partial charge on any atom is -0.462 e. The van der Waals surface area contributed by atoms with Gasteiger partial charge in [0.2, 0.25) is 0 Å². The second-order valence-electron chi connectivity index (χ2n) is 7.33. The van der Waals surface area contributed by atoms with Gasteiger partial charge in [-0.05, 0) is 37.5 Å². The molecule has 2 rings (SSSR count). The highest BCUT2D eigenvalue weighted by Crippen LogP contribution is 2.36. The Morgan fingerprint density at radius 3 is 2.73 bits per heavy atom. The van der Waals surface area contributed by atoms with Crippen molar-refractivity contribution in [2.24, 2.45) is 5.92 Å². The Balaban J connectivity index is 2.31. The molecule has 0 amide bonds. The highest BCUT2D eigenvalue weighted by molar-refractivity contribution is 5.92. The molecule has 8 heteroatoms. The molecule has 8 nitrogen and oxygen atoms in total. The van der Waals surface area contributed by atoms with E-state index in [0.29, 0.717) is 19.3 Å². The van der Waals surface area contributed by atoms with Gasteiger partial charge in [0.25, 0.3) is 0 Å². The number of hydrogen-bond acceptors (Lipinski definition) is 8. The highest BCUT2D eigenvalue weighted by atomic mass is 16.6. The van der Waals surface area contributed by atoms with Gasteiger partial charge in [-0.25, -0.2) is 9.59 Å². The fraction of sp³-hybridized carbons (Fsp3) is 0.500. The van der Waals surface area contributed by atoms with Gasteiger partial charge in [-0.1, -0.05) is 18.2 Å². The summed E-state index contributed by atoms with van der Waals surface area (Å²) in [5, 5.41) is 19.1. The van der Waals surface area contributed by atoms with Gasteiger partial charge in [-0.3, -0.25) is 4.79 Å². The highest BCUT2D eigenvalue weighted by Gasteiger charge is 2.44. The van der Waals surface area contributed by atoms with E-state index in [0.717, 1.165) is 11.1 Å². The Hall–Kier alpha value is -2.71. The van der Waals surface area contributed by atoms with E-state index in [4.69, 9.17) is 14.2 Å². The number of carbonyl (C=O) groups is 3. The van der Waals surface area contributed by atoms with Crippen LogP contribution >= 0.6 is 0 Å². The zero-order valence-electron chi connectivity index (χ0n) is 17.3. The Kier molecular flexibility index (Phi) is 8.56. The minimum atomic E-state index is -0.781. The maximum atomic E-state index is 12.7. The molecule has 164 valence electrons. The molecule has 1 heterocycles. The molecule has 0 aromatic carbocycles. The van der Waals surface area contributed by atoms with Crippen LogP contribution in [0.2, 0.25) is 0 Å². The molecule has 1 fully saturated rings. The van der Waals surface area contributed by atoms with E-state index in [2.05, 4.69) is 6.58 Å². The maximum absolute atomic E-state index is 12.7. The quantitative estimate of drug-likeness (QED) is 0.287. The van der Waals surface area contributed by atoms with Gasteiger partial charge in [0.1, 0.15) is 18.8 Å². The summed E-state index contributed by atoms with van der Waals surface area (Å²) in [6, 6.07) is 0.